The van der Waals surface area contributed by atoms with Gasteiger partial charge in [0.1, 0.15) is 11.5 Å². The van der Waals surface area contributed by atoms with Gasteiger partial charge < -0.3 is 18.9 Å². The van der Waals surface area contributed by atoms with Gasteiger partial charge in [-0.3, -0.25) is 4.79 Å². The minimum Gasteiger partial charge on any atom is -0.541 e. The Morgan fingerprint density at radius 3 is 1.82 bits per heavy atom. The number of hydrogen-bond donors (Lipinski definition) is 1. The smallest absolute Gasteiger partial charge is 0.336 e. The zero-order chi connectivity index (χ0) is 29.9. The van der Waals surface area contributed by atoms with Crippen LogP contribution < -0.4 is 14.2 Å². The topological polar surface area (TPSA) is 73.9 Å². The number of nitrogens with one attached hydrogen (secondary N) is 1. The van der Waals surface area contributed by atoms with Crippen LogP contribution in [0.25, 0.3) is 0 Å². The zero-order valence-corrected chi connectivity index (χ0v) is 27.7. The lowest BCUT2D eigenvalue weighted by Gasteiger charge is -2.40. The van der Waals surface area contributed by atoms with Gasteiger partial charge in [0.2, 0.25) is 0 Å². The van der Waals surface area contributed by atoms with Gasteiger partial charge in [-0.15, -0.1) is 6.58 Å². The first-order valence-electron chi connectivity index (χ1n) is 13.4. The quantitative estimate of drug-likeness (QED) is 0.182. The van der Waals surface area contributed by atoms with E-state index in [1.54, 1.807) is 24.3 Å². The molecule has 0 saturated carbocycles. The molecule has 0 aliphatic rings. The van der Waals surface area contributed by atoms with Crippen molar-refractivity contribution in [2.24, 2.45) is 0 Å². The largest absolute Gasteiger partial charge is 0.541 e. The Balaban J connectivity index is 2.59. The van der Waals surface area contributed by atoms with E-state index in [1.807, 2.05) is 24.3 Å². The maximum atomic E-state index is 13.1. The Labute approximate surface area is 237 Å². The molecule has 0 fully saturated rings. The lowest BCUT2D eigenvalue weighted by molar-refractivity contribution is -0.146. The molecule has 1 amide bonds. The van der Waals surface area contributed by atoms with E-state index in [4.69, 9.17) is 13.6 Å². The number of carbonyl (C=O) groups excluding carboxylic acids is 2. The number of ether oxygens (including phenoxy) is 1. The van der Waals surface area contributed by atoms with Crippen LogP contribution in [0, 0.1) is 0 Å². The highest BCUT2D eigenvalue weighted by Crippen LogP contribution is 2.44. The fraction of sp³-hybridized carbons (Fsp3) is 0.484. The van der Waals surface area contributed by atoms with Crippen LogP contribution in [0.3, 0.4) is 0 Å². The van der Waals surface area contributed by atoms with Crippen LogP contribution in [0.15, 0.2) is 61.2 Å². The average Bonchev–Trinajstić information content (AvgIpc) is 2.83. The Bertz CT molecular complexity index is 1180. The second-order valence-corrected chi connectivity index (χ2v) is 22.6. The molecule has 1 atom stereocenters. The summed E-state index contributed by atoms with van der Waals surface area (Å²) in [7, 11) is -3.09. The number of rotatable bonds is 10. The molecule has 0 aromatic heterocycles. The molecule has 2 rings (SSSR count). The number of hydrogen-bond acceptors (Lipinski definition) is 5. The van der Waals surface area contributed by atoms with Crippen LogP contribution >= 0.6 is 0 Å². The van der Waals surface area contributed by atoms with Crippen molar-refractivity contribution in [3.63, 3.8) is 0 Å². The van der Waals surface area contributed by atoms with Gasteiger partial charge in [0.25, 0.3) is 22.5 Å². The summed E-state index contributed by atoms with van der Waals surface area (Å²) in [6, 6.07) is 14.5. The van der Waals surface area contributed by atoms with Crippen molar-refractivity contribution in [3.05, 3.63) is 72.3 Å². The van der Waals surface area contributed by atoms with Gasteiger partial charge >= 0.3 is 5.97 Å². The number of benzene rings is 2. The van der Waals surface area contributed by atoms with E-state index in [9.17, 15) is 9.59 Å². The highest BCUT2D eigenvalue weighted by atomic mass is 28.4. The van der Waals surface area contributed by atoms with Crippen LogP contribution in [0.2, 0.25) is 36.3 Å². The van der Waals surface area contributed by atoms with Gasteiger partial charge in [-0.05, 0) is 66.1 Å². The third kappa shape index (κ3) is 7.63. The molecule has 0 radical (unpaired) electrons. The molecule has 0 aliphatic heterocycles. The van der Waals surface area contributed by atoms with Gasteiger partial charge in [0.05, 0.1) is 7.11 Å². The fourth-order valence-electron chi connectivity index (χ4n) is 3.42. The van der Waals surface area contributed by atoms with Crippen molar-refractivity contribution in [1.82, 2.24) is 5.32 Å². The molecular formula is C31H47NO5Si2. The van der Waals surface area contributed by atoms with Crippen LogP contribution in [0.4, 0.5) is 0 Å². The van der Waals surface area contributed by atoms with E-state index in [1.165, 1.54) is 13.2 Å². The molecule has 2 aromatic carbocycles. The van der Waals surface area contributed by atoms with Gasteiger partial charge in [-0.2, -0.15) is 0 Å². The minimum absolute atomic E-state index is 0.00448. The summed E-state index contributed by atoms with van der Waals surface area (Å²) in [4.78, 5) is 26.2. The summed E-state index contributed by atoms with van der Waals surface area (Å²) in [5, 5.41) is 2.85. The third-order valence-electron chi connectivity index (χ3n) is 8.10. The predicted octanol–water partition coefficient (Wildman–Crippen LogP) is 7.52. The van der Waals surface area contributed by atoms with E-state index in [2.05, 4.69) is 79.6 Å². The monoisotopic (exact) mass is 569 g/mol. The van der Waals surface area contributed by atoms with Crippen LogP contribution in [0.5, 0.6) is 11.5 Å². The first kappa shape index (κ1) is 32.4. The van der Waals surface area contributed by atoms with Crippen LogP contribution in [0.1, 0.15) is 57.5 Å². The maximum Gasteiger partial charge on any atom is 0.336 e. The molecule has 0 aliphatic carbocycles. The average molecular weight is 570 g/mol. The molecule has 1 N–H and O–H groups in total. The number of esters is 1. The fourth-order valence-corrected chi connectivity index (χ4v) is 5.46. The maximum absolute atomic E-state index is 13.1. The molecule has 2 aromatic rings. The van der Waals surface area contributed by atoms with Crippen molar-refractivity contribution >= 4 is 28.5 Å². The summed E-state index contributed by atoms with van der Waals surface area (Å²) in [5.74, 6) is 0.360. The van der Waals surface area contributed by atoms with E-state index < -0.39 is 34.1 Å². The summed E-state index contributed by atoms with van der Waals surface area (Å²) in [5.41, 5.74) is -0.254. The Morgan fingerprint density at radius 1 is 0.846 bits per heavy atom. The zero-order valence-electron chi connectivity index (χ0n) is 25.7. The first-order valence-corrected chi connectivity index (χ1v) is 19.2. The van der Waals surface area contributed by atoms with Gasteiger partial charge in [0, 0.05) is 12.0 Å². The summed E-state index contributed by atoms with van der Waals surface area (Å²) >= 11 is 0. The third-order valence-corrected chi connectivity index (χ3v) is 16.8. The molecule has 0 unspecified atom stereocenters. The Hall–Kier alpha value is -2.85. The van der Waals surface area contributed by atoms with Crippen molar-refractivity contribution in [2.75, 3.05) is 7.11 Å². The first-order chi connectivity index (χ1) is 17.8. The molecule has 0 spiro atoms. The SMILES string of the molecule is C=C[C@@](Cc1ccc(O[Si](C)(C)C(C)(C)C)c(O[Si](C)(C)C(C)(C)C)c1)(NC(=O)c1ccccc1)C(=O)OC. The number of carbonyl (C=O) groups is 2. The number of amides is 1. The highest BCUT2D eigenvalue weighted by Gasteiger charge is 2.43. The Kier molecular flexibility index (Phi) is 9.73. The van der Waals surface area contributed by atoms with E-state index >= 15 is 0 Å². The van der Waals surface area contributed by atoms with E-state index in [0.29, 0.717) is 17.1 Å². The minimum atomic E-state index is -2.23. The second kappa shape index (κ2) is 11.7. The Morgan fingerprint density at radius 2 is 1.36 bits per heavy atom. The predicted molar refractivity (Wildman–Crippen MR) is 165 cm³/mol. The lowest BCUT2D eigenvalue weighted by Crippen LogP contribution is -2.55. The van der Waals surface area contributed by atoms with Crippen LogP contribution in [-0.4, -0.2) is 41.2 Å². The molecule has 8 heteroatoms. The van der Waals surface area contributed by atoms with E-state index in [0.717, 1.165) is 5.56 Å². The molecule has 214 valence electrons. The van der Waals surface area contributed by atoms with Crippen molar-refractivity contribution in [3.8, 4) is 11.5 Å². The molecule has 6 nitrogen and oxygen atoms in total. The van der Waals surface area contributed by atoms with E-state index in [-0.39, 0.29) is 16.5 Å². The summed E-state index contributed by atoms with van der Waals surface area (Å²) in [6.45, 7) is 25.9. The summed E-state index contributed by atoms with van der Waals surface area (Å²) < 4.78 is 18.6. The summed E-state index contributed by atoms with van der Waals surface area (Å²) in [6.07, 6.45) is 1.57. The normalized spacial score (nSPS) is 14.1. The molecule has 0 heterocycles. The standard InChI is InChI=1S/C31H47NO5Si2/c1-13-31(28(34)35-8,32-27(33)24-17-15-14-16-18-24)22-23-19-20-25(36-38(9,10)29(2,3)4)26(21-23)37-39(11,12)30(5,6)7/h13-21H,1,22H2,2-12H3,(H,32,33)/t31-/m0/s1. The molecular weight excluding hydrogens is 523 g/mol. The van der Waals surface area contributed by atoms with Gasteiger partial charge in [-0.1, -0.05) is 71.9 Å². The van der Waals surface area contributed by atoms with Crippen molar-refractivity contribution in [2.45, 2.75) is 89.8 Å². The molecule has 0 bridgehead atoms. The number of methoxy groups -OCH3 is 1. The lowest BCUT2D eigenvalue weighted by atomic mass is 9.90. The van der Waals surface area contributed by atoms with Gasteiger partial charge in [0.15, 0.2) is 5.54 Å². The highest BCUT2D eigenvalue weighted by molar-refractivity contribution is 6.75. The van der Waals surface area contributed by atoms with Gasteiger partial charge in [-0.25, -0.2) is 4.79 Å². The van der Waals surface area contributed by atoms with Crippen LogP contribution in [-0.2, 0) is 16.0 Å². The van der Waals surface area contributed by atoms with Crippen molar-refractivity contribution in [1.29, 1.82) is 0 Å². The second-order valence-electron chi connectivity index (χ2n) is 13.2. The molecule has 39 heavy (non-hydrogen) atoms. The van der Waals surface area contributed by atoms with Crippen molar-refractivity contribution < 1.29 is 23.2 Å². The molecule has 0 saturated heterocycles.